The number of hydrogen-bond donors (Lipinski definition) is 4. The van der Waals surface area contributed by atoms with Crippen LogP contribution in [0.5, 0.6) is 0 Å². The van der Waals surface area contributed by atoms with Gasteiger partial charge in [-0.05, 0) is 30.3 Å². The number of piperidine rings is 1. The summed E-state index contributed by atoms with van der Waals surface area (Å²) >= 11 is 5.99. The smallest absolute Gasteiger partial charge is 0.380 e. The summed E-state index contributed by atoms with van der Waals surface area (Å²) in [6, 6.07) is 7.33. The van der Waals surface area contributed by atoms with Crippen molar-refractivity contribution in [3.8, 4) is 0 Å². The fraction of sp³-hybridized carbons (Fsp3) is 0.400. The molecule has 2 aromatic rings. The van der Waals surface area contributed by atoms with Crippen LogP contribution in [0.25, 0.3) is 0 Å². The van der Waals surface area contributed by atoms with E-state index in [0.717, 1.165) is 12.3 Å². The zero-order chi connectivity index (χ0) is 24.8. The van der Waals surface area contributed by atoms with Crippen molar-refractivity contribution < 1.29 is 26.4 Å². The van der Waals surface area contributed by atoms with Crippen LogP contribution in [0.3, 0.4) is 0 Å². The molecule has 9 nitrogen and oxygen atoms in total. The molecule has 1 amide bonds. The van der Waals surface area contributed by atoms with Crippen molar-refractivity contribution in [1.29, 1.82) is 0 Å². The zero-order valence-corrected chi connectivity index (χ0v) is 19.6. The Morgan fingerprint density at radius 3 is 2.62 bits per heavy atom. The van der Waals surface area contributed by atoms with Crippen molar-refractivity contribution in [1.82, 2.24) is 20.7 Å². The van der Waals surface area contributed by atoms with E-state index >= 15 is 0 Å². The third-order valence-corrected chi connectivity index (χ3v) is 7.03. The van der Waals surface area contributed by atoms with E-state index in [0.29, 0.717) is 0 Å². The predicted octanol–water partition coefficient (Wildman–Crippen LogP) is 2.29. The lowest BCUT2D eigenvalue weighted by molar-refractivity contribution is -0.141. The molecule has 2 aliphatic heterocycles. The minimum Gasteiger partial charge on any atom is -0.380 e. The molecule has 0 radical (unpaired) electrons. The van der Waals surface area contributed by atoms with Crippen LogP contribution >= 0.6 is 11.6 Å². The van der Waals surface area contributed by atoms with Crippen LogP contribution in [-0.2, 0) is 20.8 Å². The van der Waals surface area contributed by atoms with E-state index in [1.54, 1.807) is 7.05 Å². The highest BCUT2D eigenvalue weighted by atomic mass is 35.5. The maximum atomic E-state index is 13.0. The summed E-state index contributed by atoms with van der Waals surface area (Å²) in [5.41, 5.74) is 2.22. The monoisotopic (exact) mass is 518 g/mol. The SMILES string of the molecule is CN1NC2NC(Nc3cccc(C(F)(F)F)n3)CC(Nc3ccc(Cl)cc3S(C)(=O)=O)C2C1=O. The molecule has 34 heavy (non-hydrogen) atoms. The van der Waals surface area contributed by atoms with Crippen molar-refractivity contribution in [3.63, 3.8) is 0 Å². The first-order valence-electron chi connectivity index (χ1n) is 10.2. The zero-order valence-electron chi connectivity index (χ0n) is 18.0. The summed E-state index contributed by atoms with van der Waals surface area (Å²) in [6.45, 7) is 0. The third kappa shape index (κ3) is 5.06. The van der Waals surface area contributed by atoms with Gasteiger partial charge in [-0.25, -0.2) is 18.8 Å². The van der Waals surface area contributed by atoms with Crippen molar-refractivity contribution in [2.24, 2.45) is 5.92 Å². The normalized spacial score (nSPS) is 25.2. The van der Waals surface area contributed by atoms with Crippen LogP contribution in [0.1, 0.15) is 12.1 Å². The molecule has 2 aliphatic rings. The lowest BCUT2D eigenvalue weighted by Crippen LogP contribution is -2.61. The Bertz CT molecular complexity index is 1210. The molecule has 4 N–H and O–H groups in total. The van der Waals surface area contributed by atoms with Gasteiger partial charge >= 0.3 is 6.18 Å². The van der Waals surface area contributed by atoms with Gasteiger partial charge in [0.25, 0.3) is 0 Å². The van der Waals surface area contributed by atoms with E-state index in [2.05, 4.69) is 26.4 Å². The molecule has 1 aromatic heterocycles. The van der Waals surface area contributed by atoms with Crippen molar-refractivity contribution in [3.05, 3.63) is 47.1 Å². The van der Waals surface area contributed by atoms with E-state index in [1.165, 1.54) is 35.3 Å². The molecular weight excluding hydrogens is 497 g/mol. The summed E-state index contributed by atoms with van der Waals surface area (Å²) in [5, 5.41) is 10.8. The third-order valence-electron chi connectivity index (χ3n) is 5.66. The molecule has 4 rings (SSSR count). The Balaban J connectivity index is 1.62. The molecule has 2 saturated heterocycles. The summed E-state index contributed by atoms with van der Waals surface area (Å²) in [4.78, 5) is 16.4. The average molecular weight is 519 g/mol. The number of amides is 1. The van der Waals surface area contributed by atoms with E-state index in [4.69, 9.17) is 11.6 Å². The lowest BCUT2D eigenvalue weighted by Gasteiger charge is -2.39. The number of sulfone groups is 1. The molecule has 14 heteroatoms. The topological polar surface area (TPSA) is 115 Å². The van der Waals surface area contributed by atoms with Crippen LogP contribution in [0, 0.1) is 5.92 Å². The fourth-order valence-electron chi connectivity index (χ4n) is 4.17. The second-order valence-corrected chi connectivity index (χ2v) is 10.6. The number of nitrogens with one attached hydrogen (secondary N) is 4. The number of aromatic nitrogens is 1. The maximum Gasteiger partial charge on any atom is 0.433 e. The average Bonchev–Trinajstić information content (AvgIpc) is 3.02. The molecule has 2 fully saturated rings. The molecule has 0 spiro atoms. The summed E-state index contributed by atoms with van der Waals surface area (Å²) in [5.74, 6) is -0.827. The number of nitrogens with zero attached hydrogens (tertiary/aromatic N) is 2. The van der Waals surface area contributed by atoms with Crippen molar-refractivity contribution >= 4 is 38.9 Å². The predicted molar refractivity (Wildman–Crippen MR) is 120 cm³/mol. The highest BCUT2D eigenvalue weighted by Crippen LogP contribution is 2.33. The first-order valence-corrected chi connectivity index (χ1v) is 12.5. The minimum absolute atomic E-state index is 0.00511. The summed E-state index contributed by atoms with van der Waals surface area (Å²) < 4.78 is 63.7. The van der Waals surface area contributed by atoms with Crippen LogP contribution in [-0.4, -0.2) is 56.0 Å². The van der Waals surface area contributed by atoms with Gasteiger partial charge in [0.05, 0.1) is 28.8 Å². The molecule has 4 unspecified atom stereocenters. The number of anilines is 2. The lowest BCUT2D eigenvalue weighted by atomic mass is 9.88. The van der Waals surface area contributed by atoms with Gasteiger partial charge in [0.1, 0.15) is 11.5 Å². The standard InChI is InChI=1S/C20H22ClF3N6O3S/c1-30-19(31)17-12(25-11-7-6-10(21)8-13(11)34(2,32)33)9-16(28-18(17)29-30)27-15-5-3-4-14(26-15)20(22,23)24/h3-8,12,16-18,25,28-29H,9H2,1-2H3,(H,26,27). The molecular formula is C20H22ClF3N6O3S. The Morgan fingerprint density at radius 2 is 1.94 bits per heavy atom. The van der Waals surface area contributed by atoms with Crippen molar-refractivity contribution in [2.75, 3.05) is 23.9 Å². The van der Waals surface area contributed by atoms with Gasteiger partial charge in [-0.3, -0.25) is 15.1 Å². The molecule has 0 saturated carbocycles. The molecule has 0 bridgehead atoms. The first-order chi connectivity index (χ1) is 15.8. The first kappa shape index (κ1) is 24.5. The number of carbonyl (C=O) groups is 1. The molecule has 4 atom stereocenters. The second kappa shape index (κ2) is 8.87. The number of benzene rings is 1. The largest absolute Gasteiger partial charge is 0.433 e. The Kier molecular flexibility index (Phi) is 6.40. The van der Waals surface area contributed by atoms with Gasteiger partial charge in [-0.2, -0.15) is 13.2 Å². The molecule has 1 aromatic carbocycles. The number of fused-ring (bicyclic) bond motifs is 1. The fourth-order valence-corrected chi connectivity index (χ4v) is 5.28. The van der Waals surface area contributed by atoms with Gasteiger partial charge in [0, 0.05) is 30.8 Å². The van der Waals surface area contributed by atoms with Gasteiger partial charge in [0.15, 0.2) is 9.84 Å². The van der Waals surface area contributed by atoms with E-state index in [9.17, 15) is 26.4 Å². The molecule has 0 aliphatic carbocycles. The van der Waals surface area contributed by atoms with Crippen LogP contribution in [0.4, 0.5) is 24.7 Å². The number of carbonyl (C=O) groups excluding carboxylic acids is 1. The number of rotatable bonds is 5. The van der Waals surface area contributed by atoms with Crippen LogP contribution in [0.15, 0.2) is 41.3 Å². The van der Waals surface area contributed by atoms with Crippen molar-refractivity contribution in [2.45, 2.75) is 35.9 Å². The summed E-state index contributed by atoms with van der Waals surface area (Å²) in [6.07, 6.45) is -4.45. The highest BCUT2D eigenvalue weighted by Gasteiger charge is 2.48. The number of hydrazine groups is 1. The van der Waals surface area contributed by atoms with Gasteiger partial charge in [-0.15, -0.1) is 0 Å². The van der Waals surface area contributed by atoms with Gasteiger partial charge < -0.3 is 10.6 Å². The minimum atomic E-state index is -4.59. The number of alkyl halides is 3. The van der Waals surface area contributed by atoms with E-state index < -0.39 is 46.0 Å². The summed E-state index contributed by atoms with van der Waals surface area (Å²) in [7, 11) is -2.08. The molecule has 3 heterocycles. The Morgan fingerprint density at radius 1 is 1.21 bits per heavy atom. The van der Waals surface area contributed by atoms with E-state index in [1.807, 2.05) is 0 Å². The van der Waals surface area contributed by atoms with Gasteiger partial charge in [0.2, 0.25) is 5.91 Å². The number of hydrogen-bond acceptors (Lipinski definition) is 8. The van der Waals surface area contributed by atoms with Crippen LogP contribution in [0.2, 0.25) is 5.02 Å². The quantitative estimate of drug-likeness (QED) is 0.476. The number of pyridine rings is 1. The Hall–Kier alpha value is -2.61. The number of halogens is 4. The maximum absolute atomic E-state index is 13.0. The molecule has 184 valence electrons. The van der Waals surface area contributed by atoms with Gasteiger partial charge in [-0.1, -0.05) is 17.7 Å². The van der Waals surface area contributed by atoms with E-state index in [-0.39, 0.29) is 33.8 Å². The van der Waals surface area contributed by atoms with Crippen LogP contribution < -0.4 is 21.4 Å². The second-order valence-electron chi connectivity index (χ2n) is 8.20. The highest BCUT2D eigenvalue weighted by molar-refractivity contribution is 7.90. The Labute approximate surface area is 198 Å².